The average molecular weight is 263 g/mol. The molecule has 0 fully saturated rings. The quantitative estimate of drug-likeness (QED) is 0.924. The van der Waals surface area contributed by atoms with Crippen molar-refractivity contribution >= 4 is 17.2 Å². The molecule has 0 saturated heterocycles. The highest BCUT2D eigenvalue weighted by molar-refractivity contribution is 7.11. The third-order valence-electron chi connectivity index (χ3n) is 2.96. The zero-order valence-electron chi connectivity index (χ0n) is 11.1. The number of aryl methyl sites for hydroxylation is 3. The zero-order valence-corrected chi connectivity index (χ0v) is 11.9. The standard InChI is InChI=1S/C13H17N3OS/c1-8-5-6-11(18-8)7-14-13(17)12-9(2)15-16(4)10(12)3/h5-6H,7H2,1-4H3,(H,14,17). The van der Waals surface area contributed by atoms with Crippen molar-refractivity contribution in [1.29, 1.82) is 0 Å². The van der Waals surface area contributed by atoms with Crippen molar-refractivity contribution in [3.05, 3.63) is 38.8 Å². The molecule has 4 nitrogen and oxygen atoms in total. The molecule has 1 amide bonds. The second-order valence-electron chi connectivity index (χ2n) is 4.36. The Morgan fingerprint density at radius 1 is 1.39 bits per heavy atom. The molecule has 18 heavy (non-hydrogen) atoms. The fourth-order valence-electron chi connectivity index (χ4n) is 1.94. The van der Waals surface area contributed by atoms with E-state index in [9.17, 15) is 4.79 Å². The van der Waals surface area contributed by atoms with Crippen LogP contribution in [0.2, 0.25) is 0 Å². The Kier molecular flexibility index (Phi) is 3.52. The Morgan fingerprint density at radius 3 is 2.61 bits per heavy atom. The molecule has 1 N–H and O–H groups in total. The highest BCUT2D eigenvalue weighted by atomic mass is 32.1. The molecule has 0 spiro atoms. The molecule has 96 valence electrons. The van der Waals surface area contributed by atoms with Crippen LogP contribution in [0.15, 0.2) is 12.1 Å². The summed E-state index contributed by atoms with van der Waals surface area (Å²) < 4.78 is 1.74. The van der Waals surface area contributed by atoms with Crippen LogP contribution in [0.1, 0.15) is 31.5 Å². The first-order valence-electron chi connectivity index (χ1n) is 5.82. The van der Waals surface area contributed by atoms with Crippen LogP contribution in [0.4, 0.5) is 0 Å². The van der Waals surface area contributed by atoms with E-state index in [2.05, 4.69) is 23.4 Å². The second-order valence-corrected chi connectivity index (χ2v) is 5.74. The molecule has 2 aromatic heterocycles. The molecule has 0 unspecified atom stereocenters. The summed E-state index contributed by atoms with van der Waals surface area (Å²) >= 11 is 1.70. The van der Waals surface area contributed by atoms with Gasteiger partial charge in [-0.25, -0.2) is 0 Å². The van der Waals surface area contributed by atoms with Gasteiger partial charge < -0.3 is 5.32 Å². The van der Waals surface area contributed by atoms with E-state index < -0.39 is 0 Å². The van der Waals surface area contributed by atoms with E-state index in [4.69, 9.17) is 0 Å². The minimum Gasteiger partial charge on any atom is -0.347 e. The lowest BCUT2D eigenvalue weighted by atomic mass is 10.2. The maximum absolute atomic E-state index is 12.1. The van der Waals surface area contributed by atoms with E-state index in [1.807, 2.05) is 27.0 Å². The van der Waals surface area contributed by atoms with E-state index in [1.54, 1.807) is 16.0 Å². The molecular formula is C13H17N3OS. The number of carbonyl (C=O) groups excluding carboxylic acids is 1. The van der Waals surface area contributed by atoms with Crippen LogP contribution in [0.5, 0.6) is 0 Å². The van der Waals surface area contributed by atoms with E-state index in [-0.39, 0.29) is 5.91 Å². The number of amides is 1. The van der Waals surface area contributed by atoms with Crippen molar-refractivity contribution in [1.82, 2.24) is 15.1 Å². The van der Waals surface area contributed by atoms with Gasteiger partial charge in [-0.05, 0) is 32.9 Å². The molecule has 0 bridgehead atoms. The molecule has 0 aliphatic carbocycles. The number of nitrogens with zero attached hydrogens (tertiary/aromatic N) is 2. The molecule has 2 rings (SSSR count). The van der Waals surface area contributed by atoms with Gasteiger partial charge in [0.05, 0.1) is 17.8 Å². The topological polar surface area (TPSA) is 46.9 Å². The Labute approximate surface area is 111 Å². The van der Waals surface area contributed by atoms with Gasteiger partial charge in [-0.2, -0.15) is 5.10 Å². The first-order chi connectivity index (χ1) is 8.49. The summed E-state index contributed by atoms with van der Waals surface area (Å²) in [6, 6.07) is 4.11. The number of aromatic nitrogens is 2. The predicted molar refractivity (Wildman–Crippen MR) is 72.9 cm³/mol. The maximum atomic E-state index is 12.1. The van der Waals surface area contributed by atoms with Crippen LogP contribution in [-0.4, -0.2) is 15.7 Å². The first kappa shape index (κ1) is 12.8. The molecule has 5 heteroatoms. The van der Waals surface area contributed by atoms with Gasteiger partial charge in [0.2, 0.25) is 0 Å². The Balaban J connectivity index is 2.08. The molecule has 2 heterocycles. The van der Waals surface area contributed by atoms with E-state index in [0.29, 0.717) is 12.1 Å². The van der Waals surface area contributed by atoms with E-state index in [1.165, 1.54) is 9.75 Å². The van der Waals surface area contributed by atoms with Gasteiger partial charge in [0.15, 0.2) is 0 Å². The van der Waals surface area contributed by atoms with Crippen LogP contribution >= 0.6 is 11.3 Å². The fraction of sp³-hybridized carbons (Fsp3) is 0.385. The van der Waals surface area contributed by atoms with Crippen molar-refractivity contribution in [3.8, 4) is 0 Å². The summed E-state index contributed by atoms with van der Waals surface area (Å²) in [6.07, 6.45) is 0. The Bertz CT molecular complexity index is 583. The third kappa shape index (κ3) is 2.46. The highest BCUT2D eigenvalue weighted by Gasteiger charge is 2.16. The zero-order chi connectivity index (χ0) is 13.3. The maximum Gasteiger partial charge on any atom is 0.255 e. The van der Waals surface area contributed by atoms with Crippen LogP contribution in [-0.2, 0) is 13.6 Å². The summed E-state index contributed by atoms with van der Waals surface area (Å²) in [7, 11) is 1.85. The number of nitrogens with one attached hydrogen (secondary N) is 1. The van der Waals surface area contributed by atoms with Crippen molar-refractivity contribution in [2.75, 3.05) is 0 Å². The molecule has 0 atom stereocenters. The van der Waals surface area contributed by atoms with Gasteiger partial charge in [0.1, 0.15) is 0 Å². The molecule has 0 saturated carbocycles. The summed E-state index contributed by atoms with van der Waals surface area (Å²) in [4.78, 5) is 14.5. The van der Waals surface area contributed by atoms with Gasteiger partial charge in [-0.1, -0.05) is 0 Å². The number of rotatable bonds is 3. The van der Waals surface area contributed by atoms with Crippen LogP contribution < -0.4 is 5.32 Å². The monoisotopic (exact) mass is 263 g/mol. The number of carbonyl (C=O) groups is 1. The summed E-state index contributed by atoms with van der Waals surface area (Å²) in [5, 5.41) is 7.19. The molecular weight excluding hydrogens is 246 g/mol. The van der Waals surface area contributed by atoms with Gasteiger partial charge in [0, 0.05) is 22.5 Å². The van der Waals surface area contributed by atoms with Gasteiger partial charge in [-0.15, -0.1) is 11.3 Å². The average Bonchev–Trinajstić information content (AvgIpc) is 2.82. The number of hydrogen-bond donors (Lipinski definition) is 1. The number of hydrogen-bond acceptors (Lipinski definition) is 3. The largest absolute Gasteiger partial charge is 0.347 e. The van der Waals surface area contributed by atoms with Crippen molar-refractivity contribution < 1.29 is 4.79 Å². The summed E-state index contributed by atoms with van der Waals surface area (Å²) in [5.74, 6) is -0.0517. The minimum absolute atomic E-state index is 0.0517. The summed E-state index contributed by atoms with van der Waals surface area (Å²) in [6.45, 7) is 6.40. The second kappa shape index (κ2) is 4.94. The van der Waals surface area contributed by atoms with Crippen molar-refractivity contribution in [3.63, 3.8) is 0 Å². The van der Waals surface area contributed by atoms with Crippen LogP contribution in [0.25, 0.3) is 0 Å². The van der Waals surface area contributed by atoms with Crippen LogP contribution in [0, 0.1) is 20.8 Å². The smallest absolute Gasteiger partial charge is 0.255 e. The summed E-state index contributed by atoms with van der Waals surface area (Å²) in [5.41, 5.74) is 2.35. The van der Waals surface area contributed by atoms with Gasteiger partial charge in [-0.3, -0.25) is 9.48 Å². The lowest BCUT2D eigenvalue weighted by Gasteiger charge is -2.04. The highest BCUT2D eigenvalue weighted by Crippen LogP contribution is 2.16. The predicted octanol–water partition coefficient (Wildman–Crippen LogP) is 2.34. The third-order valence-corrected chi connectivity index (χ3v) is 3.96. The van der Waals surface area contributed by atoms with Crippen LogP contribution in [0.3, 0.4) is 0 Å². The van der Waals surface area contributed by atoms with Gasteiger partial charge in [0.25, 0.3) is 5.91 Å². The lowest BCUT2D eigenvalue weighted by molar-refractivity contribution is 0.0950. The number of thiophene rings is 1. The first-order valence-corrected chi connectivity index (χ1v) is 6.64. The normalized spacial score (nSPS) is 10.7. The molecule has 0 aliphatic rings. The van der Waals surface area contributed by atoms with E-state index >= 15 is 0 Å². The molecule has 2 aromatic rings. The van der Waals surface area contributed by atoms with Crippen molar-refractivity contribution in [2.24, 2.45) is 7.05 Å². The Morgan fingerprint density at radius 2 is 2.11 bits per heavy atom. The van der Waals surface area contributed by atoms with Crippen molar-refractivity contribution in [2.45, 2.75) is 27.3 Å². The Hall–Kier alpha value is -1.62. The minimum atomic E-state index is -0.0517. The molecule has 0 aliphatic heterocycles. The molecule has 0 radical (unpaired) electrons. The SMILES string of the molecule is Cc1ccc(CNC(=O)c2c(C)nn(C)c2C)s1. The fourth-order valence-corrected chi connectivity index (χ4v) is 2.77. The molecule has 0 aromatic carbocycles. The lowest BCUT2D eigenvalue weighted by Crippen LogP contribution is -2.23. The van der Waals surface area contributed by atoms with E-state index in [0.717, 1.165) is 11.4 Å². The van der Waals surface area contributed by atoms with Gasteiger partial charge >= 0.3 is 0 Å².